The zero-order valence-corrected chi connectivity index (χ0v) is 17.0. The number of hydrogen-bond donors (Lipinski definition) is 1. The number of nitro benzene ring substituents is 1. The lowest BCUT2D eigenvalue weighted by molar-refractivity contribution is -0.385. The van der Waals surface area contributed by atoms with Crippen LogP contribution in [0.3, 0.4) is 0 Å². The molecule has 1 aliphatic carbocycles. The molecule has 1 aliphatic rings. The minimum absolute atomic E-state index is 0.0114. The summed E-state index contributed by atoms with van der Waals surface area (Å²) in [5.74, 6) is -0.728. The van der Waals surface area contributed by atoms with Crippen LogP contribution in [0.25, 0.3) is 0 Å². The Morgan fingerprint density at radius 2 is 2.10 bits per heavy atom. The van der Waals surface area contributed by atoms with Gasteiger partial charge in [0, 0.05) is 10.9 Å². The molecule has 0 aliphatic heterocycles. The Kier molecular flexibility index (Phi) is 6.48. The molecular formula is C20H22N2O6S. The molecule has 8 nitrogen and oxygen atoms in total. The summed E-state index contributed by atoms with van der Waals surface area (Å²) in [6.45, 7) is 3.63. The van der Waals surface area contributed by atoms with Crippen molar-refractivity contribution in [2.75, 3.05) is 18.5 Å². The van der Waals surface area contributed by atoms with Crippen LogP contribution in [0.5, 0.6) is 5.75 Å². The average molecular weight is 418 g/mol. The van der Waals surface area contributed by atoms with E-state index >= 15 is 0 Å². The number of thiophene rings is 1. The van der Waals surface area contributed by atoms with Gasteiger partial charge < -0.3 is 14.8 Å². The van der Waals surface area contributed by atoms with E-state index in [4.69, 9.17) is 9.47 Å². The van der Waals surface area contributed by atoms with Gasteiger partial charge in [-0.15, -0.1) is 11.3 Å². The van der Waals surface area contributed by atoms with Crippen molar-refractivity contribution < 1.29 is 24.0 Å². The SMILES string of the molecule is CCOC(=O)c1c(NC(=O)COc2ccccc2[N+](=O)[O-])sc2c1C(C)CCC2. The lowest BCUT2D eigenvalue weighted by atomic mass is 9.86. The van der Waals surface area contributed by atoms with Crippen molar-refractivity contribution in [1.29, 1.82) is 0 Å². The Labute approximate surface area is 172 Å². The lowest BCUT2D eigenvalue weighted by Crippen LogP contribution is -2.21. The third-order valence-electron chi connectivity index (χ3n) is 4.71. The molecule has 0 saturated heterocycles. The molecular weight excluding hydrogens is 396 g/mol. The number of hydrogen-bond acceptors (Lipinski definition) is 7. The van der Waals surface area contributed by atoms with Gasteiger partial charge in [0.25, 0.3) is 5.91 Å². The van der Waals surface area contributed by atoms with Crippen LogP contribution < -0.4 is 10.1 Å². The number of ether oxygens (including phenoxy) is 2. The van der Waals surface area contributed by atoms with Crippen molar-refractivity contribution in [3.8, 4) is 5.75 Å². The minimum Gasteiger partial charge on any atom is -0.477 e. The predicted octanol–water partition coefficient (Wildman–Crippen LogP) is 4.29. The molecule has 0 radical (unpaired) electrons. The topological polar surface area (TPSA) is 108 Å². The first-order chi connectivity index (χ1) is 13.9. The first-order valence-electron chi connectivity index (χ1n) is 9.41. The number of amides is 1. The van der Waals surface area contributed by atoms with E-state index < -0.39 is 23.4 Å². The van der Waals surface area contributed by atoms with Gasteiger partial charge in [-0.2, -0.15) is 0 Å². The molecule has 1 amide bonds. The van der Waals surface area contributed by atoms with Gasteiger partial charge in [-0.3, -0.25) is 14.9 Å². The Hall–Kier alpha value is -2.94. The molecule has 1 aromatic carbocycles. The number of benzene rings is 1. The Balaban J connectivity index is 1.78. The summed E-state index contributed by atoms with van der Waals surface area (Å²) in [5.41, 5.74) is 1.15. The highest BCUT2D eigenvalue weighted by atomic mass is 32.1. The van der Waals surface area contributed by atoms with E-state index in [0.717, 1.165) is 29.7 Å². The number of nitrogens with zero attached hydrogens (tertiary/aromatic N) is 1. The smallest absolute Gasteiger partial charge is 0.341 e. The van der Waals surface area contributed by atoms with Crippen molar-refractivity contribution in [1.82, 2.24) is 0 Å². The second kappa shape index (κ2) is 9.04. The molecule has 9 heteroatoms. The number of anilines is 1. The van der Waals surface area contributed by atoms with Gasteiger partial charge in [0.15, 0.2) is 12.4 Å². The lowest BCUT2D eigenvalue weighted by Gasteiger charge is -2.19. The van der Waals surface area contributed by atoms with Gasteiger partial charge in [-0.25, -0.2) is 4.79 Å². The molecule has 1 N–H and O–H groups in total. The van der Waals surface area contributed by atoms with Gasteiger partial charge in [-0.1, -0.05) is 19.1 Å². The monoisotopic (exact) mass is 418 g/mol. The molecule has 1 heterocycles. The van der Waals surface area contributed by atoms with E-state index in [0.29, 0.717) is 10.6 Å². The van der Waals surface area contributed by atoms with Crippen LogP contribution in [0, 0.1) is 10.1 Å². The molecule has 3 rings (SSSR count). The van der Waals surface area contributed by atoms with Crippen LogP contribution >= 0.6 is 11.3 Å². The fraction of sp³-hybridized carbons (Fsp3) is 0.400. The maximum absolute atomic E-state index is 12.6. The predicted molar refractivity (Wildman–Crippen MR) is 109 cm³/mol. The molecule has 1 aromatic heterocycles. The first-order valence-corrected chi connectivity index (χ1v) is 10.2. The summed E-state index contributed by atoms with van der Waals surface area (Å²) in [4.78, 5) is 36.6. The average Bonchev–Trinajstić information content (AvgIpc) is 3.06. The van der Waals surface area contributed by atoms with Crippen molar-refractivity contribution in [3.05, 3.63) is 50.4 Å². The van der Waals surface area contributed by atoms with E-state index in [1.54, 1.807) is 13.0 Å². The standard InChI is InChI=1S/C20H22N2O6S/c1-3-27-20(24)18-17-12(2)7-6-10-15(17)29-19(18)21-16(23)11-28-14-9-5-4-8-13(14)22(25)26/h4-5,8-9,12H,3,6-7,10-11H2,1-2H3,(H,21,23). The normalized spacial score (nSPS) is 15.3. The zero-order valence-electron chi connectivity index (χ0n) is 16.2. The van der Waals surface area contributed by atoms with Crippen LogP contribution in [-0.2, 0) is 16.0 Å². The summed E-state index contributed by atoms with van der Waals surface area (Å²) < 4.78 is 10.5. The molecule has 0 fully saturated rings. The van der Waals surface area contributed by atoms with Crippen LogP contribution in [0.1, 0.15) is 53.4 Å². The maximum Gasteiger partial charge on any atom is 0.341 e. The highest BCUT2D eigenvalue weighted by Crippen LogP contribution is 2.43. The number of esters is 1. The largest absolute Gasteiger partial charge is 0.477 e. The molecule has 154 valence electrons. The Morgan fingerprint density at radius 1 is 1.34 bits per heavy atom. The third kappa shape index (κ3) is 4.56. The van der Waals surface area contributed by atoms with Crippen molar-refractivity contribution in [2.24, 2.45) is 0 Å². The van der Waals surface area contributed by atoms with E-state index in [-0.39, 0.29) is 24.0 Å². The number of fused-ring (bicyclic) bond motifs is 1. The fourth-order valence-corrected chi connectivity index (χ4v) is 4.81. The maximum atomic E-state index is 12.6. The highest BCUT2D eigenvalue weighted by molar-refractivity contribution is 7.17. The van der Waals surface area contributed by atoms with E-state index in [1.807, 2.05) is 0 Å². The van der Waals surface area contributed by atoms with Crippen molar-refractivity contribution >= 4 is 33.9 Å². The fourth-order valence-electron chi connectivity index (χ4n) is 3.44. The summed E-state index contributed by atoms with van der Waals surface area (Å²) in [6, 6.07) is 5.85. The number of nitro groups is 1. The molecule has 0 bridgehead atoms. The number of nitrogens with one attached hydrogen (secondary N) is 1. The van der Waals surface area contributed by atoms with Gasteiger partial charge in [0.05, 0.1) is 17.1 Å². The highest BCUT2D eigenvalue weighted by Gasteiger charge is 2.30. The minimum atomic E-state index is -0.569. The molecule has 29 heavy (non-hydrogen) atoms. The quantitative estimate of drug-likeness (QED) is 0.408. The number of carbonyl (C=O) groups is 2. The van der Waals surface area contributed by atoms with Crippen LogP contribution in [0.4, 0.5) is 10.7 Å². The van der Waals surface area contributed by atoms with Crippen LogP contribution in [-0.4, -0.2) is 30.0 Å². The van der Waals surface area contributed by atoms with E-state index in [9.17, 15) is 19.7 Å². The molecule has 2 aromatic rings. The third-order valence-corrected chi connectivity index (χ3v) is 5.89. The zero-order chi connectivity index (χ0) is 21.0. The van der Waals surface area contributed by atoms with E-state index in [1.165, 1.54) is 29.5 Å². The number of carbonyl (C=O) groups excluding carboxylic acids is 2. The van der Waals surface area contributed by atoms with Gasteiger partial charge in [0.2, 0.25) is 0 Å². The molecule has 0 spiro atoms. The van der Waals surface area contributed by atoms with Crippen LogP contribution in [0.2, 0.25) is 0 Å². The second-order valence-electron chi connectivity index (χ2n) is 6.72. The second-order valence-corrected chi connectivity index (χ2v) is 7.82. The Bertz CT molecular complexity index is 939. The summed E-state index contributed by atoms with van der Waals surface area (Å²) in [6.07, 6.45) is 2.87. The van der Waals surface area contributed by atoms with Crippen molar-refractivity contribution in [2.45, 2.75) is 39.0 Å². The van der Waals surface area contributed by atoms with Gasteiger partial charge in [0.1, 0.15) is 5.00 Å². The molecule has 1 unspecified atom stereocenters. The summed E-state index contributed by atoms with van der Waals surface area (Å²) >= 11 is 1.38. The first kappa shape index (κ1) is 20.8. The number of para-hydroxylation sites is 2. The number of aryl methyl sites for hydroxylation is 1. The van der Waals surface area contributed by atoms with Gasteiger partial charge >= 0.3 is 11.7 Å². The molecule has 0 saturated carbocycles. The van der Waals surface area contributed by atoms with Crippen molar-refractivity contribution in [3.63, 3.8) is 0 Å². The van der Waals surface area contributed by atoms with Crippen LogP contribution in [0.15, 0.2) is 24.3 Å². The van der Waals surface area contributed by atoms with Gasteiger partial charge in [-0.05, 0) is 43.7 Å². The molecule has 1 atom stereocenters. The van der Waals surface area contributed by atoms with E-state index in [2.05, 4.69) is 12.2 Å². The summed E-state index contributed by atoms with van der Waals surface area (Å²) in [5, 5.41) is 14.2. The number of rotatable bonds is 7. The Morgan fingerprint density at radius 3 is 2.83 bits per heavy atom. The summed E-state index contributed by atoms with van der Waals surface area (Å²) in [7, 11) is 0.